The van der Waals surface area contributed by atoms with E-state index in [0.717, 1.165) is 34.8 Å². The lowest BCUT2D eigenvalue weighted by Gasteiger charge is -2.32. The molecular weight excluding hydrogens is 322 g/mol. The van der Waals surface area contributed by atoms with Crippen molar-refractivity contribution in [3.8, 4) is 0 Å². The maximum absolute atomic E-state index is 12.8. The van der Waals surface area contributed by atoms with Crippen LogP contribution in [0.1, 0.15) is 41.4 Å². The Morgan fingerprint density at radius 3 is 2.59 bits per heavy atom. The Morgan fingerprint density at radius 2 is 2.00 bits per heavy atom. The Morgan fingerprint density at radius 1 is 1.36 bits per heavy atom. The molecule has 124 valence electrons. The average molecular weight is 345 g/mol. The van der Waals surface area contributed by atoms with Crippen molar-refractivity contribution in [2.24, 2.45) is 0 Å². The lowest BCUT2D eigenvalue weighted by Crippen LogP contribution is -2.45. The lowest BCUT2D eigenvalue weighted by molar-refractivity contribution is -0.128. The van der Waals surface area contributed by atoms with E-state index in [-0.39, 0.29) is 6.04 Å². The van der Waals surface area contributed by atoms with Crippen molar-refractivity contribution in [2.75, 3.05) is 21.1 Å². The summed E-state index contributed by atoms with van der Waals surface area (Å²) < 4.78 is 26.9. The minimum absolute atomic E-state index is 0.211. The Kier molecular flexibility index (Phi) is 4.93. The quantitative estimate of drug-likeness (QED) is 0.830. The van der Waals surface area contributed by atoms with Gasteiger partial charge in [-0.2, -0.15) is 4.31 Å². The van der Waals surface area contributed by atoms with Crippen LogP contribution in [0.4, 0.5) is 0 Å². The molecular formula is C14H23N3O3S2. The summed E-state index contributed by atoms with van der Waals surface area (Å²) in [5, 5.41) is -0.119. The number of hydrogen-bond acceptors (Lipinski definition) is 5. The topological polar surface area (TPSA) is 70.6 Å². The second-order valence-corrected chi connectivity index (χ2v) is 9.44. The lowest BCUT2D eigenvalue weighted by atomic mass is 9.98. The van der Waals surface area contributed by atoms with Gasteiger partial charge in [-0.3, -0.25) is 4.79 Å². The maximum atomic E-state index is 12.8. The number of sulfonamides is 1. The van der Waals surface area contributed by atoms with Crippen LogP contribution in [0.3, 0.4) is 0 Å². The second kappa shape index (κ2) is 6.25. The van der Waals surface area contributed by atoms with E-state index in [9.17, 15) is 13.2 Å². The SMILES string of the molecule is Cc1nc2c(s1)[C@H](N(C)S(=O)(=O)[C@H](C)C(=O)N(C)C)CCC2. The fraction of sp³-hybridized carbons (Fsp3) is 0.714. The van der Waals surface area contributed by atoms with Crippen molar-refractivity contribution in [2.45, 2.75) is 44.4 Å². The Balaban J connectivity index is 2.32. The van der Waals surface area contributed by atoms with Crippen molar-refractivity contribution >= 4 is 27.3 Å². The maximum Gasteiger partial charge on any atom is 0.241 e. The largest absolute Gasteiger partial charge is 0.348 e. The van der Waals surface area contributed by atoms with Gasteiger partial charge in [0, 0.05) is 26.0 Å². The minimum atomic E-state index is -3.70. The Bertz CT molecular complexity index is 667. The second-order valence-electron chi connectivity index (χ2n) is 5.89. The molecule has 0 N–H and O–H groups in total. The summed E-state index contributed by atoms with van der Waals surface area (Å²) in [6.07, 6.45) is 2.58. The van der Waals surface area contributed by atoms with Gasteiger partial charge in [0.25, 0.3) is 0 Å². The first-order valence-corrected chi connectivity index (χ1v) is 9.62. The number of aryl methyl sites for hydroxylation is 2. The summed E-state index contributed by atoms with van der Waals surface area (Å²) in [7, 11) is 1.02. The molecule has 0 saturated heterocycles. The number of rotatable bonds is 4. The van der Waals surface area contributed by atoms with Crippen LogP contribution >= 0.6 is 11.3 Å². The zero-order chi connectivity index (χ0) is 16.7. The molecule has 0 spiro atoms. The molecule has 0 unspecified atom stereocenters. The van der Waals surface area contributed by atoms with Crippen LogP contribution in [0.15, 0.2) is 0 Å². The zero-order valence-corrected chi connectivity index (χ0v) is 15.3. The molecule has 1 amide bonds. The van der Waals surface area contributed by atoms with Crippen molar-refractivity contribution in [1.29, 1.82) is 0 Å². The van der Waals surface area contributed by atoms with Crippen molar-refractivity contribution < 1.29 is 13.2 Å². The van der Waals surface area contributed by atoms with Crippen molar-refractivity contribution in [1.82, 2.24) is 14.2 Å². The molecule has 6 nitrogen and oxygen atoms in total. The van der Waals surface area contributed by atoms with Gasteiger partial charge in [0.2, 0.25) is 15.9 Å². The van der Waals surface area contributed by atoms with Crippen molar-refractivity contribution in [3.63, 3.8) is 0 Å². The zero-order valence-electron chi connectivity index (χ0n) is 13.7. The van der Waals surface area contributed by atoms with Crippen LogP contribution in [-0.2, 0) is 21.2 Å². The van der Waals surface area contributed by atoms with Gasteiger partial charge in [0.05, 0.1) is 16.7 Å². The molecule has 2 atom stereocenters. The molecule has 0 bridgehead atoms. The summed E-state index contributed by atoms with van der Waals surface area (Å²) in [4.78, 5) is 18.9. The van der Waals surface area contributed by atoms with Gasteiger partial charge in [0.15, 0.2) is 5.25 Å². The molecule has 0 fully saturated rings. The third-order valence-corrected chi connectivity index (χ3v) is 7.37. The highest BCUT2D eigenvalue weighted by Crippen LogP contribution is 2.39. The van der Waals surface area contributed by atoms with Crippen LogP contribution in [0.2, 0.25) is 0 Å². The van der Waals surface area contributed by atoms with E-state index in [2.05, 4.69) is 4.98 Å². The van der Waals surface area contributed by atoms with E-state index in [1.165, 1.54) is 16.1 Å². The number of thiazole rings is 1. The van der Waals surface area contributed by atoms with E-state index >= 15 is 0 Å². The Hall–Kier alpha value is -0.990. The fourth-order valence-electron chi connectivity index (χ4n) is 2.78. The highest BCUT2D eigenvalue weighted by molar-refractivity contribution is 7.90. The molecule has 8 heteroatoms. The number of fused-ring (bicyclic) bond motifs is 1. The molecule has 0 aliphatic heterocycles. The number of amides is 1. The van der Waals surface area contributed by atoms with Crippen LogP contribution in [0.25, 0.3) is 0 Å². The van der Waals surface area contributed by atoms with E-state index in [0.29, 0.717) is 0 Å². The molecule has 1 aromatic heterocycles. The molecule has 1 aliphatic carbocycles. The summed E-state index contributed by atoms with van der Waals surface area (Å²) in [5.74, 6) is -0.400. The highest BCUT2D eigenvalue weighted by atomic mass is 32.2. The van der Waals surface area contributed by atoms with E-state index < -0.39 is 21.2 Å². The first-order chi connectivity index (χ1) is 10.2. The van der Waals surface area contributed by atoms with Crippen LogP contribution in [0, 0.1) is 6.92 Å². The standard InChI is InChI=1S/C14H23N3O3S2/c1-9(14(18)16(3)4)22(19,20)17(5)12-8-6-7-11-13(12)21-10(2)15-11/h9,12H,6-8H2,1-5H3/t9-,12-/m1/s1. The van der Waals surface area contributed by atoms with Crippen LogP contribution < -0.4 is 0 Å². The predicted octanol–water partition coefficient (Wildman–Crippen LogP) is 1.57. The number of nitrogens with zero attached hydrogens (tertiary/aromatic N) is 3. The molecule has 0 radical (unpaired) electrons. The smallest absolute Gasteiger partial charge is 0.241 e. The molecule has 22 heavy (non-hydrogen) atoms. The molecule has 0 saturated carbocycles. The van der Waals surface area contributed by atoms with Gasteiger partial charge in [0.1, 0.15) is 0 Å². The molecule has 2 rings (SSSR count). The molecule has 1 aliphatic rings. The monoisotopic (exact) mass is 345 g/mol. The molecule has 1 heterocycles. The van der Waals surface area contributed by atoms with Gasteiger partial charge >= 0.3 is 0 Å². The average Bonchev–Trinajstić information content (AvgIpc) is 2.84. The van der Waals surface area contributed by atoms with Gasteiger partial charge in [-0.05, 0) is 33.1 Å². The predicted molar refractivity (Wildman–Crippen MR) is 87.4 cm³/mol. The van der Waals surface area contributed by atoms with E-state index in [4.69, 9.17) is 0 Å². The summed E-state index contributed by atoms with van der Waals surface area (Å²) >= 11 is 1.56. The number of carbonyl (C=O) groups is 1. The summed E-state index contributed by atoms with van der Waals surface area (Å²) in [6.45, 7) is 3.39. The van der Waals surface area contributed by atoms with Gasteiger partial charge in [-0.1, -0.05) is 0 Å². The van der Waals surface area contributed by atoms with Crippen LogP contribution in [-0.4, -0.2) is 54.9 Å². The number of carbonyl (C=O) groups excluding carboxylic acids is 1. The van der Waals surface area contributed by atoms with E-state index in [1.54, 1.807) is 32.5 Å². The highest BCUT2D eigenvalue weighted by Gasteiger charge is 2.39. The third kappa shape index (κ3) is 3.04. The van der Waals surface area contributed by atoms with Crippen LogP contribution in [0.5, 0.6) is 0 Å². The van der Waals surface area contributed by atoms with Crippen molar-refractivity contribution in [3.05, 3.63) is 15.6 Å². The first kappa shape index (κ1) is 17.4. The van der Waals surface area contributed by atoms with Gasteiger partial charge in [-0.25, -0.2) is 13.4 Å². The fourth-order valence-corrected chi connectivity index (χ4v) is 5.53. The van der Waals surface area contributed by atoms with E-state index in [1.807, 2.05) is 6.92 Å². The first-order valence-electron chi connectivity index (χ1n) is 7.30. The Labute approximate surface area is 136 Å². The summed E-state index contributed by atoms with van der Waals surface area (Å²) in [5.41, 5.74) is 1.01. The molecule has 0 aromatic carbocycles. The van der Waals surface area contributed by atoms with Gasteiger partial charge in [-0.15, -0.1) is 11.3 Å². The third-order valence-electron chi connectivity index (χ3n) is 4.10. The normalized spacial score (nSPS) is 19.8. The number of aromatic nitrogens is 1. The number of hydrogen-bond donors (Lipinski definition) is 0. The minimum Gasteiger partial charge on any atom is -0.348 e. The van der Waals surface area contributed by atoms with Gasteiger partial charge < -0.3 is 4.90 Å². The summed E-state index contributed by atoms with van der Waals surface area (Å²) in [6, 6.07) is -0.211. The molecule has 1 aromatic rings.